The molecule has 2 aromatic heterocycles. The van der Waals surface area contributed by atoms with Gasteiger partial charge in [0.1, 0.15) is 11.9 Å². The van der Waals surface area contributed by atoms with Crippen LogP contribution in [0.3, 0.4) is 0 Å². The molecule has 1 saturated carbocycles. The third kappa shape index (κ3) is 3.53. The van der Waals surface area contributed by atoms with Crippen molar-refractivity contribution in [3.8, 4) is 0 Å². The molecule has 1 fully saturated rings. The molecule has 4 rings (SSSR count). The number of imidazole rings is 1. The molecule has 2 heterocycles. The molecular formula is C21H27N5O2. The second-order valence-corrected chi connectivity index (χ2v) is 7.50. The molecule has 28 heavy (non-hydrogen) atoms. The summed E-state index contributed by atoms with van der Waals surface area (Å²) in [5, 5.41) is 4.05. The number of aromatic nitrogens is 4. The minimum Gasteiger partial charge on any atom is -0.344 e. The zero-order chi connectivity index (χ0) is 19.7. The van der Waals surface area contributed by atoms with E-state index in [9.17, 15) is 4.79 Å². The molecule has 0 bridgehead atoms. The molecule has 1 aromatic carbocycles. The second-order valence-electron chi connectivity index (χ2n) is 7.50. The van der Waals surface area contributed by atoms with Gasteiger partial charge in [0.05, 0.1) is 11.0 Å². The van der Waals surface area contributed by atoms with E-state index in [0.717, 1.165) is 42.0 Å². The summed E-state index contributed by atoms with van der Waals surface area (Å²) in [4.78, 5) is 24.2. The number of aryl methyl sites for hydroxylation is 1. The average Bonchev–Trinajstić information content (AvgIpc) is 3.35. The Morgan fingerprint density at radius 3 is 2.79 bits per heavy atom. The first kappa shape index (κ1) is 18.7. The minimum atomic E-state index is -0.264. The lowest BCUT2D eigenvalue weighted by molar-refractivity contribution is -0.133. The van der Waals surface area contributed by atoms with Crippen molar-refractivity contribution >= 4 is 16.9 Å². The number of carbonyl (C=O) groups is 1. The van der Waals surface area contributed by atoms with Crippen LogP contribution >= 0.6 is 0 Å². The van der Waals surface area contributed by atoms with Gasteiger partial charge in [-0.2, -0.15) is 4.98 Å². The highest BCUT2D eigenvalue weighted by Gasteiger charge is 2.30. The minimum absolute atomic E-state index is 0.0891. The van der Waals surface area contributed by atoms with E-state index in [0.29, 0.717) is 31.1 Å². The Morgan fingerprint density at radius 2 is 2.07 bits per heavy atom. The Labute approximate surface area is 164 Å². The quantitative estimate of drug-likeness (QED) is 0.597. The molecule has 0 saturated heterocycles. The summed E-state index contributed by atoms with van der Waals surface area (Å²) in [5.74, 6) is 2.91. The molecule has 0 spiro atoms. The molecule has 0 radical (unpaired) electrons. The molecule has 7 nitrogen and oxygen atoms in total. The van der Waals surface area contributed by atoms with Gasteiger partial charge in [-0.1, -0.05) is 31.1 Å². The van der Waals surface area contributed by atoms with Gasteiger partial charge in [-0.15, -0.1) is 0 Å². The summed E-state index contributed by atoms with van der Waals surface area (Å²) < 4.78 is 7.42. The predicted molar refractivity (Wildman–Crippen MR) is 106 cm³/mol. The van der Waals surface area contributed by atoms with Crippen molar-refractivity contribution in [3.63, 3.8) is 0 Å². The Morgan fingerprint density at radius 1 is 1.29 bits per heavy atom. The van der Waals surface area contributed by atoms with E-state index in [-0.39, 0.29) is 11.9 Å². The van der Waals surface area contributed by atoms with Crippen LogP contribution in [-0.2, 0) is 17.6 Å². The third-order valence-corrected chi connectivity index (χ3v) is 5.43. The third-order valence-electron chi connectivity index (χ3n) is 5.43. The van der Waals surface area contributed by atoms with E-state index in [1.54, 1.807) is 4.90 Å². The number of fused-ring (bicyclic) bond motifs is 1. The van der Waals surface area contributed by atoms with Gasteiger partial charge in [0, 0.05) is 32.4 Å². The first-order valence-electron chi connectivity index (χ1n) is 10.2. The smallest absolute Gasteiger partial charge is 0.245 e. The van der Waals surface area contributed by atoms with E-state index < -0.39 is 0 Å². The largest absolute Gasteiger partial charge is 0.344 e. The molecule has 0 N–H and O–H groups in total. The van der Waals surface area contributed by atoms with Crippen LogP contribution < -0.4 is 0 Å². The van der Waals surface area contributed by atoms with Gasteiger partial charge < -0.3 is 14.0 Å². The maximum Gasteiger partial charge on any atom is 0.245 e. The summed E-state index contributed by atoms with van der Waals surface area (Å²) in [7, 11) is 1.84. The number of rotatable bonds is 8. The lowest BCUT2D eigenvalue weighted by Crippen LogP contribution is -2.36. The number of amides is 1. The van der Waals surface area contributed by atoms with E-state index in [4.69, 9.17) is 9.51 Å². The highest BCUT2D eigenvalue weighted by atomic mass is 16.5. The van der Waals surface area contributed by atoms with Gasteiger partial charge in [-0.05, 0) is 31.4 Å². The van der Waals surface area contributed by atoms with E-state index in [1.807, 2.05) is 38.2 Å². The lowest BCUT2D eigenvalue weighted by atomic mass is 10.1. The monoisotopic (exact) mass is 381 g/mol. The molecule has 1 aliphatic rings. The fourth-order valence-electron chi connectivity index (χ4n) is 3.66. The summed E-state index contributed by atoms with van der Waals surface area (Å²) >= 11 is 0. The number of hydrogen-bond donors (Lipinski definition) is 0. The lowest BCUT2D eigenvalue weighted by Gasteiger charge is -2.25. The first-order valence-corrected chi connectivity index (χ1v) is 10.2. The first-order chi connectivity index (χ1) is 13.6. The maximum absolute atomic E-state index is 13.2. The molecular weight excluding hydrogens is 354 g/mol. The Balaban J connectivity index is 1.50. The fraction of sp³-hybridized carbons (Fsp3) is 0.524. The van der Waals surface area contributed by atoms with E-state index in [2.05, 4.69) is 21.6 Å². The Hall–Kier alpha value is -2.70. The number of hydrogen-bond acceptors (Lipinski definition) is 5. The number of nitrogens with zero attached hydrogens (tertiary/aromatic N) is 5. The van der Waals surface area contributed by atoms with Crippen molar-refractivity contribution in [2.75, 3.05) is 13.6 Å². The van der Waals surface area contributed by atoms with Gasteiger partial charge in [0.2, 0.25) is 11.8 Å². The zero-order valence-electron chi connectivity index (χ0n) is 16.8. The summed E-state index contributed by atoms with van der Waals surface area (Å²) in [6, 6.07) is 7.75. The maximum atomic E-state index is 13.2. The van der Waals surface area contributed by atoms with Crippen molar-refractivity contribution in [2.24, 2.45) is 0 Å². The molecule has 3 aromatic rings. The number of benzene rings is 1. The molecule has 1 aliphatic carbocycles. The Bertz CT molecular complexity index is 972. The van der Waals surface area contributed by atoms with E-state index in [1.165, 1.54) is 0 Å². The number of carbonyl (C=O) groups excluding carboxylic acids is 1. The number of para-hydroxylation sites is 2. The van der Waals surface area contributed by atoms with Crippen molar-refractivity contribution in [3.05, 3.63) is 41.8 Å². The van der Waals surface area contributed by atoms with Crippen LogP contribution in [0.5, 0.6) is 0 Å². The van der Waals surface area contributed by atoms with Crippen molar-refractivity contribution in [1.29, 1.82) is 0 Å². The van der Waals surface area contributed by atoms with Gasteiger partial charge in [0.15, 0.2) is 5.82 Å². The number of likely N-dealkylation sites (N-methyl/N-ethyl adjacent to an activating group) is 1. The molecule has 7 heteroatoms. The fourth-order valence-corrected chi connectivity index (χ4v) is 3.66. The zero-order valence-corrected chi connectivity index (χ0v) is 16.8. The molecule has 1 atom stereocenters. The van der Waals surface area contributed by atoms with Gasteiger partial charge in [0.25, 0.3) is 0 Å². The average molecular weight is 381 g/mol. The van der Waals surface area contributed by atoms with Crippen LogP contribution in [0.2, 0.25) is 0 Å². The predicted octanol–water partition coefficient (Wildman–Crippen LogP) is 3.51. The molecule has 0 unspecified atom stereocenters. The SMILES string of the molecule is CCc1nc2ccccc2n1[C@@H](CC)C(=O)N(C)CCc1noc(C2CC2)n1. The summed E-state index contributed by atoms with van der Waals surface area (Å²) in [5.41, 5.74) is 1.95. The van der Waals surface area contributed by atoms with Crippen molar-refractivity contribution in [2.45, 2.75) is 57.9 Å². The second kappa shape index (κ2) is 7.73. The van der Waals surface area contributed by atoms with Gasteiger partial charge in [-0.25, -0.2) is 4.98 Å². The van der Waals surface area contributed by atoms with Crippen LogP contribution in [0, 0.1) is 0 Å². The summed E-state index contributed by atoms with van der Waals surface area (Å²) in [6.07, 6.45) is 4.37. The summed E-state index contributed by atoms with van der Waals surface area (Å²) in [6.45, 7) is 4.69. The van der Waals surface area contributed by atoms with E-state index >= 15 is 0 Å². The molecule has 148 valence electrons. The molecule has 0 aliphatic heterocycles. The van der Waals surface area contributed by atoms with Crippen molar-refractivity contribution < 1.29 is 9.32 Å². The van der Waals surface area contributed by atoms with Crippen LogP contribution in [0.4, 0.5) is 0 Å². The topological polar surface area (TPSA) is 77.0 Å². The highest BCUT2D eigenvalue weighted by Crippen LogP contribution is 2.38. The highest BCUT2D eigenvalue weighted by molar-refractivity contribution is 5.84. The van der Waals surface area contributed by atoms with Crippen molar-refractivity contribution in [1.82, 2.24) is 24.6 Å². The van der Waals surface area contributed by atoms with Gasteiger partial charge >= 0.3 is 0 Å². The van der Waals surface area contributed by atoms with Crippen LogP contribution in [-0.4, -0.2) is 44.1 Å². The van der Waals surface area contributed by atoms with Crippen LogP contribution in [0.25, 0.3) is 11.0 Å². The standard InChI is InChI=1S/C21H27N5O2/c1-4-16(26-17-9-7-6-8-15(17)22-19(26)5-2)21(27)25(3)13-12-18-23-20(28-24-18)14-10-11-14/h6-9,14,16H,4-5,10-13H2,1-3H3/t16-/m0/s1. The van der Waals surface area contributed by atoms with Crippen LogP contribution in [0.1, 0.15) is 62.6 Å². The van der Waals surface area contributed by atoms with Crippen LogP contribution in [0.15, 0.2) is 28.8 Å². The molecule has 1 amide bonds. The normalized spacial score (nSPS) is 15.1. The van der Waals surface area contributed by atoms with Gasteiger partial charge in [-0.3, -0.25) is 4.79 Å². The Kier molecular flexibility index (Phi) is 5.15.